The molecule has 0 radical (unpaired) electrons. The fourth-order valence-corrected chi connectivity index (χ4v) is 3.51. The van der Waals surface area contributed by atoms with Crippen LogP contribution >= 0.6 is 21.6 Å². The first-order chi connectivity index (χ1) is 9.77. The summed E-state index contributed by atoms with van der Waals surface area (Å²) in [6.07, 6.45) is 0.329. The number of carbonyl (C=O) groups is 3. The minimum absolute atomic E-state index is 0.193. The third-order valence-corrected chi connectivity index (χ3v) is 4.75. The zero-order valence-corrected chi connectivity index (χ0v) is 14.0. The zero-order chi connectivity index (χ0) is 16.4. The molecule has 0 aromatic carbocycles. The van der Waals surface area contributed by atoms with E-state index in [-0.39, 0.29) is 23.3 Å². The number of carbonyl (C=O) groups excluding carboxylic acids is 2. The summed E-state index contributed by atoms with van der Waals surface area (Å²) in [5.41, 5.74) is 5.36. The van der Waals surface area contributed by atoms with Gasteiger partial charge in [-0.15, -0.1) is 0 Å². The van der Waals surface area contributed by atoms with Crippen LogP contribution in [0.2, 0.25) is 0 Å². The maximum atomic E-state index is 11.7. The molecule has 122 valence electrons. The molecular formula is C12H22N2O5S2. The number of methoxy groups -OCH3 is 1. The largest absolute Gasteiger partial charge is 0.480 e. The predicted molar refractivity (Wildman–Crippen MR) is 83.9 cm³/mol. The van der Waals surface area contributed by atoms with E-state index in [0.717, 1.165) is 0 Å². The Morgan fingerprint density at radius 1 is 1.24 bits per heavy atom. The van der Waals surface area contributed by atoms with Crippen LogP contribution < -0.4 is 11.1 Å². The number of carboxylic acid groups (broad SMARTS) is 1. The molecule has 0 heterocycles. The number of rotatable bonds is 10. The lowest BCUT2D eigenvalue weighted by Crippen LogP contribution is -2.43. The van der Waals surface area contributed by atoms with Crippen molar-refractivity contribution in [3.63, 3.8) is 0 Å². The molecule has 9 heteroatoms. The van der Waals surface area contributed by atoms with Gasteiger partial charge in [-0.25, -0.2) is 4.79 Å². The molecule has 4 N–H and O–H groups in total. The Morgan fingerprint density at radius 2 is 1.81 bits per heavy atom. The smallest absolute Gasteiger partial charge is 0.329 e. The van der Waals surface area contributed by atoms with Crippen LogP contribution in [0.25, 0.3) is 0 Å². The molecule has 0 fully saturated rings. The molecular weight excluding hydrogens is 316 g/mol. The summed E-state index contributed by atoms with van der Waals surface area (Å²) in [5.74, 6) is -1.12. The number of hydrogen-bond acceptors (Lipinski definition) is 7. The number of nitrogens with one attached hydrogen (secondary N) is 1. The lowest BCUT2D eigenvalue weighted by molar-refractivity contribution is -0.144. The van der Waals surface area contributed by atoms with Crippen molar-refractivity contribution in [2.24, 2.45) is 11.7 Å². The molecule has 0 spiro atoms. The van der Waals surface area contributed by atoms with Gasteiger partial charge in [0.1, 0.15) is 12.1 Å². The molecule has 0 aromatic heterocycles. The molecule has 0 aromatic rings. The normalized spacial score (nSPS) is 13.6. The van der Waals surface area contributed by atoms with E-state index in [0.29, 0.717) is 6.42 Å². The van der Waals surface area contributed by atoms with Gasteiger partial charge >= 0.3 is 11.9 Å². The maximum absolute atomic E-state index is 11.7. The molecule has 21 heavy (non-hydrogen) atoms. The Bertz CT molecular complexity index is 366. The van der Waals surface area contributed by atoms with E-state index in [1.54, 1.807) is 0 Å². The van der Waals surface area contributed by atoms with Gasteiger partial charge in [0.15, 0.2) is 0 Å². The number of esters is 1. The Morgan fingerprint density at radius 3 is 2.29 bits per heavy atom. The molecule has 0 saturated carbocycles. The molecule has 0 aliphatic carbocycles. The Hall–Kier alpha value is -0.930. The Labute approximate surface area is 132 Å². The van der Waals surface area contributed by atoms with Gasteiger partial charge in [-0.1, -0.05) is 35.4 Å². The SMILES string of the molecule is COC(=O)[C@H](CSSC[C@H](N)C(=O)O)NC(=O)CC(C)C. The van der Waals surface area contributed by atoms with Gasteiger partial charge in [-0.05, 0) is 5.92 Å². The standard InChI is InChI=1S/C12H22N2O5S2/c1-7(2)4-10(15)14-9(12(18)19-3)6-21-20-5-8(13)11(16)17/h7-9H,4-6,13H2,1-3H3,(H,14,15)(H,16,17)/t8-,9-/m0/s1. The Balaban J connectivity index is 4.22. The van der Waals surface area contributed by atoms with Crippen molar-refractivity contribution < 1.29 is 24.2 Å². The monoisotopic (exact) mass is 338 g/mol. The highest BCUT2D eigenvalue weighted by molar-refractivity contribution is 8.76. The summed E-state index contributed by atoms with van der Waals surface area (Å²) < 4.78 is 4.64. The van der Waals surface area contributed by atoms with Crippen LogP contribution in [-0.4, -0.2) is 53.7 Å². The van der Waals surface area contributed by atoms with Crippen LogP contribution in [0.5, 0.6) is 0 Å². The highest BCUT2D eigenvalue weighted by atomic mass is 33.1. The van der Waals surface area contributed by atoms with E-state index in [2.05, 4.69) is 10.1 Å². The Kier molecular flexibility index (Phi) is 10.3. The number of carboxylic acids is 1. The van der Waals surface area contributed by atoms with Gasteiger partial charge in [0, 0.05) is 17.9 Å². The first-order valence-electron chi connectivity index (χ1n) is 6.37. The van der Waals surface area contributed by atoms with Crippen LogP contribution in [0.3, 0.4) is 0 Å². The van der Waals surface area contributed by atoms with Crippen LogP contribution in [0.15, 0.2) is 0 Å². The van der Waals surface area contributed by atoms with Crippen molar-refractivity contribution in [2.45, 2.75) is 32.4 Å². The van der Waals surface area contributed by atoms with Crippen molar-refractivity contribution in [1.82, 2.24) is 5.32 Å². The van der Waals surface area contributed by atoms with Crippen LogP contribution in [0, 0.1) is 5.92 Å². The van der Waals surface area contributed by atoms with Gasteiger partial charge in [0.25, 0.3) is 0 Å². The van der Waals surface area contributed by atoms with Gasteiger partial charge < -0.3 is 20.9 Å². The fraction of sp³-hybridized carbons (Fsp3) is 0.750. The summed E-state index contributed by atoms with van der Waals surface area (Å²) in [4.78, 5) is 33.8. The molecule has 7 nitrogen and oxygen atoms in total. The van der Waals surface area contributed by atoms with Crippen molar-refractivity contribution in [1.29, 1.82) is 0 Å². The number of hydrogen-bond donors (Lipinski definition) is 3. The summed E-state index contributed by atoms with van der Waals surface area (Å²) in [5, 5.41) is 11.3. The van der Waals surface area contributed by atoms with E-state index in [9.17, 15) is 14.4 Å². The van der Waals surface area contributed by atoms with Gasteiger partial charge in [-0.2, -0.15) is 0 Å². The van der Waals surface area contributed by atoms with Gasteiger partial charge in [0.05, 0.1) is 7.11 Å². The van der Waals surface area contributed by atoms with E-state index in [4.69, 9.17) is 10.8 Å². The van der Waals surface area contributed by atoms with E-state index in [1.807, 2.05) is 13.8 Å². The topological polar surface area (TPSA) is 119 Å². The molecule has 0 unspecified atom stereocenters. The number of nitrogens with two attached hydrogens (primary N) is 1. The zero-order valence-electron chi connectivity index (χ0n) is 12.3. The first-order valence-corrected chi connectivity index (χ1v) is 8.86. The molecule has 0 aliphatic heterocycles. The van der Waals surface area contributed by atoms with Crippen molar-refractivity contribution in [2.75, 3.05) is 18.6 Å². The van der Waals surface area contributed by atoms with Crippen LogP contribution in [0.4, 0.5) is 0 Å². The minimum Gasteiger partial charge on any atom is -0.480 e. The van der Waals surface area contributed by atoms with Gasteiger partial charge in [0.2, 0.25) is 5.91 Å². The molecule has 0 saturated heterocycles. The molecule has 0 rings (SSSR count). The van der Waals surface area contributed by atoms with Gasteiger partial charge in [-0.3, -0.25) is 9.59 Å². The second-order valence-electron chi connectivity index (χ2n) is 4.75. The quantitative estimate of drug-likeness (QED) is 0.299. The summed E-state index contributed by atoms with van der Waals surface area (Å²) in [6.45, 7) is 3.81. The van der Waals surface area contributed by atoms with Crippen molar-refractivity contribution in [3.05, 3.63) is 0 Å². The molecule has 1 amide bonds. The third-order valence-electron chi connectivity index (χ3n) is 2.30. The van der Waals surface area contributed by atoms with Crippen molar-refractivity contribution in [3.8, 4) is 0 Å². The summed E-state index contributed by atoms with van der Waals surface area (Å²) >= 11 is 0. The summed E-state index contributed by atoms with van der Waals surface area (Å²) in [7, 11) is 3.76. The highest BCUT2D eigenvalue weighted by Crippen LogP contribution is 2.23. The number of amides is 1. The second kappa shape index (κ2) is 10.7. The third kappa shape index (κ3) is 9.59. The lowest BCUT2D eigenvalue weighted by Gasteiger charge is -2.16. The number of aliphatic carboxylic acids is 1. The first kappa shape index (κ1) is 20.1. The number of ether oxygens (including phenoxy) is 1. The lowest BCUT2D eigenvalue weighted by atomic mass is 10.1. The van der Waals surface area contributed by atoms with Crippen LogP contribution in [-0.2, 0) is 19.1 Å². The minimum atomic E-state index is -1.07. The van der Waals surface area contributed by atoms with E-state index < -0.39 is 24.0 Å². The summed E-state index contributed by atoms with van der Waals surface area (Å²) in [6, 6.07) is -1.70. The average molecular weight is 338 g/mol. The maximum Gasteiger partial charge on any atom is 0.329 e. The molecule has 2 atom stereocenters. The predicted octanol–water partition coefficient (Wildman–Crippen LogP) is 0.484. The van der Waals surface area contributed by atoms with Crippen LogP contribution in [0.1, 0.15) is 20.3 Å². The highest BCUT2D eigenvalue weighted by Gasteiger charge is 2.22. The van der Waals surface area contributed by atoms with Crippen molar-refractivity contribution >= 4 is 39.4 Å². The van der Waals surface area contributed by atoms with E-state index in [1.165, 1.54) is 28.7 Å². The van der Waals surface area contributed by atoms with E-state index >= 15 is 0 Å². The fourth-order valence-electron chi connectivity index (χ4n) is 1.24. The second-order valence-corrected chi connectivity index (χ2v) is 7.31. The molecule has 0 aliphatic rings. The average Bonchev–Trinajstić information content (AvgIpc) is 2.39. The molecule has 0 bridgehead atoms.